The van der Waals surface area contributed by atoms with Gasteiger partial charge in [0, 0.05) is 6.42 Å². The van der Waals surface area contributed by atoms with Gasteiger partial charge in [0.2, 0.25) is 0 Å². The van der Waals surface area contributed by atoms with E-state index in [1.807, 2.05) is 38.1 Å². The van der Waals surface area contributed by atoms with E-state index in [0.717, 1.165) is 27.0 Å². The summed E-state index contributed by atoms with van der Waals surface area (Å²) in [4.78, 5) is 12.4. The Morgan fingerprint density at radius 2 is 1.76 bits per heavy atom. The first-order chi connectivity index (χ1) is 11.9. The van der Waals surface area contributed by atoms with Gasteiger partial charge in [-0.3, -0.25) is 4.79 Å². The minimum atomic E-state index is -3.86. The van der Waals surface area contributed by atoms with Crippen molar-refractivity contribution in [2.75, 3.05) is 0 Å². The van der Waals surface area contributed by atoms with Crippen LogP contribution in [-0.4, -0.2) is 28.6 Å². The fourth-order valence-electron chi connectivity index (χ4n) is 2.41. The molecule has 0 spiro atoms. The average Bonchev–Trinajstić information content (AvgIpc) is 3.06. The van der Waals surface area contributed by atoms with Crippen molar-refractivity contribution in [1.29, 1.82) is 0 Å². The highest BCUT2D eigenvalue weighted by Crippen LogP contribution is 2.14. The van der Waals surface area contributed by atoms with E-state index in [4.69, 9.17) is 0 Å². The molecule has 2 aromatic carbocycles. The number of ketones is 1. The summed E-state index contributed by atoms with van der Waals surface area (Å²) in [5.41, 5.74) is 2.88. The summed E-state index contributed by atoms with van der Waals surface area (Å²) in [5.74, 6) is -0.282. The molecule has 3 rings (SSSR count). The highest BCUT2D eigenvalue weighted by atomic mass is 32.2. The molecule has 3 aromatic rings. The Morgan fingerprint density at radius 1 is 1.04 bits per heavy atom. The van der Waals surface area contributed by atoms with Gasteiger partial charge in [-0.1, -0.05) is 52.7 Å². The number of carbonyl (C=O) groups is 1. The van der Waals surface area contributed by atoms with Gasteiger partial charge in [-0.15, -0.1) is 9.19 Å². The quantitative estimate of drug-likeness (QED) is 0.657. The van der Waals surface area contributed by atoms with Crippen molar-refractivity contribution in [2.45, 2.75) is 25.2 Å². The van der Waals surface area contributed by atoms with Gasteiger partial charge in [0.25, 0.3) is 10.0 Å². The van der Waals surface area contributed by atoms with Crippen LogP contribution in [0.15, 0.2) is 59.6 Å². The molecule has 1 aromatic heterocycles. The highest BCUT2D eigenvalue weighted by Gasteiger charge is 2.21. The Bertz CT molecular complexity index is 1020. The first-order valence-corrected chi connectivity index (χ1v) is 9.13. The van der Waals surface area contributed by atoms with Crippen LogP contribution < -0.4 is 0 Å². The van der Waals surface area contributed by atoms with Gasteiger partial charge in [-0.05, 0) is 31.5 Å². The number of benzene rings is 2. The molecule has 0 N–H and O–H groups in total. The van der Waals surface area contributed by atoms with E-state index in [9.17, 15) is 13.2 Å². The molecule has 0 fully saturated rings. The van der Waals surface area contributed by atoms with Crippen LogP contribution in [0.2, 0.25) is 0 Å². The van der Waals surface area contributed by atoms with Crippen molar-refractivity contribution in [3.63, 3.8) is 0 Å². The Labute approximate surface area is 146 Å². The van der Waals surface area contributed by atoms with E-state index in [-0.39, 0.29) is 22.8 Å². The lowest BCUT2D eigenvalue weighted by molar-refractivity contribution is 0.0988. The van der Waals surface area contributed by atoms with Crippen LogP contribution in [0.1, 0.15) is 27.2 Å². The molecular formula is C18H17N3O3S. The molecule has 7 heteroatoms. The van der Waals surface area contributed by atoms with Gasteiger partial charge >= 0.3 is 0 Å². The molecule has 0 radical (unpaired) electrons. The number of nitrogens with zero attached hydrogens (tertiary/aromatic N) is 3. The van der Waals surface area contributed by atoms with Crippen molar-refractivity contribution < 1.29 is 13.2 Å². The molecule has 0 amide bonds. The maximum absolute atomic E-state index is 12.5. The third-order valence-electron chi connectivity index (χ3n) is 3.77. The molecule has 0 aliphatic carbocycles. The SMILES string of the molecule is Cc1ccc(S(=O)(=O)n2cc(C(=O)Cc3cccc(C)c3)nn2)cc1. The first kappa shape index (κ1) is 17.0. The smallest absolute Gasteiger partial charge is 0.284 e. The summed E-state index contributed by atoms with van der Waals surface area (Å²) in [7, 11) is -3.86. The van der Waals surface area contributed by atoms with Crippen LogP contribution in [0.5, 0.6) is 0 Å². The molecule has 0 saturated carbocycles. The third kappa shape index (κ3) is 3.66. The summed E-state index contributed by atoms with van der Waals surface area (Å²) in [6.45, 7) is 3.81. The number of aromatic nitrogens is 3. The molecule has 0 aliphatic heterocycles. The molecule has 128 valence electrons. The predicted octanol–water partition coefficient (Wildman–Crippen LogP) is 2.56. The maximum atomic E-state index is 12.5. The molecule has 6 nitrogen and oxygen atoms in total. The van der Waals surface area contributed by atoms with E-state index >= 15 is 0 Å². The minimum absolute atomic E-state index is 0.0252. The number of rotatable bonds is 5. The zero-order chi connectivity index (χ0) is 18.0. The average molecular weight is 355 g/mol. The Kier molecular flexibility index (Phi) is 4.50. The molecule has 0 atom stereocenters. The van der Waals surface area contributed by atoms with Crippen LogP contribution in [-0.2, 0) is 16.4 Å². The Morgan fingerprint density at radius 3 is 2.44 bits per heavy atom. The number of aryl methyl sites for hydroxylation is 2. The number of hydrogen-bond acceptors (Lipinski definition) is 5. The molecule has 0 bridgehead atoms. The second kappa shape index (κ2) is 6.60. The number of Topliss-reactive ketones (excluding diaryl/α,β-unsaturated/α-hetero) is 1. The van der Waals surface area contributed by atoms with Crippen molar-refractivity contribution in [3.8, 4) is 0 Å². The van der Waals surface area contributed by atoms with Crippen LogP contribution in [0, 0.1) is 13.8 Å². The molecule has 25 heavy (non-hydrogen) atoms. The van der Waals surface area contributed by atoms with Crippen molar-refractivity contribution in [1.82, 2.24) is 14.4 Å². The summed E-state index contributed by atoms with van der Waals surface area (Å²) in [6, 6.07) is 14.0. The van der Waals surface area contributed by atoms with Gasteiger partial charge in [0.1, 0.15) is 5.69 Å². The summed E-state index contributed by atoms with van der Waals surface area (Å²) in [6.07, 6.45) is 1.30. The lowest BCUT2D eigenvalue weighted by Gasteiger charge is -2.03. The van der Waals surface area contributed by atoms with Gasteiger partial charge in [-0.25, -0.2) is 0 Å². The fraction of sp³-hybridized carbons (Fsp3) is 0.167. The topological polar surface area (TPSA) is 81.9 Å². The summed E-state index contributed by atoms with van der Waals surface area (Å²) in [5, 5.41) is 7.35. The van der Waals surface area contributed by atoms with Crippen molar-refractivity contribution >= 4 is 15.8 Å². The third-order valence-corrected chi connectivity index (χ3v) is 5.31. The van der Waals surface area contributed by atoms with E-state index in [1.165, 1.54) is 12.1 Å². The van der Waals surface area contributed by atoms with E-state index in [1.54, 1.807) is 12.1 Å². The number of hydrogen-bond donors (Lipinski definition) is 0. The second-order valence-electron chi connectivity index (χ2n) is 5.88. The van der Waals surface area contributed by atoms with Gasteiger partial charge in [-0.2, -0.15) is 8.42 Å². The molecule has 0 unspecified atom stereocenters. The van der Waals surface area contributed by atoms with E-state index < -0.39 is 10.0 Å². The first-order valence-electron chi connectivity index (χ1n) is 7.69. The lowest BCUT2D eigenvalue weighted by atomic mass is 10.1. The molecule has 0 aliphatic rings. The predicted molar refractivity (Wildman–Crippen MR) is 93.0 cm³/mol. The zero-order valence-corrected chi connectivity index (χ0v) is 14.7. The maximum Gasteiger partial charge on any atom is 0.284 e. The molecule has 0 saturated heterocycles. The normalized spacial score (nSPS) is 11.4. The summed E-state index contributed by atoms with van der Waals surface area (Å²) >= 11 is 0. The Hall–Kier alpha value is -2.80. The van der Waals surface area contributed by atoms with Crippen LogP contribution in [0.25, 0.3) is 0 Å². The summed E-state index contributed by atoms with van der Waals surface area (Å²) < 4.78 is 25.8. The van der Waals surface area contributed by atoms with E-state index in [2.05, 4.69) is 10.3 Å². The van der Waals surface area contributed by atoms with Gasteiger partial charge in [0.05, 0.1) is 11.1 Å². The fourth-order valence-corrected chi connectivity index (χ4v) is 3.48. The van der Waals surface area contributed by atoms with Crippen molar-refractivity contribution in [2.24, 2.45) is 0 Å². The van der Waals surface area contributed by atoms with Gasteiger partial charge in [0.15, 0.2) is 5.78 Å². The Balaban J connectivity index is 1.84. The van der Waals surface area contributed by atoms with E-state index in [0.29, 0.717) is 0 Å². The van der Waals surface area contributed by atoms with Gasteiger partial charge < -0.3 is 0 Å². The monoisotopic (exact) mass is 355 g/mol. The van der Waals surface area contributed by atoms with Crippen LogP contribution >= 0.6 is 0 Å². The van der Waals surface area contributed by atoms with Crippen LogP contribution in [0.4, 0.5) is 0 Å². The lowest BCUT2D eigenvalue weighted by Crippen LogP contribution is -2.13. The number of carbonyl (C=O) groups excluding carboxylic acids is 1. The standard InChI is InChI=1S/C18H17N3O3S/c1-13-6-8-16(9-7-13)25(23,24)21-12-17(19-20-21)18(22)11-15-5-3-4-14(2)10-15/h3-10,12H,11H2,1-2H3. The second-order valence-corrected chi connectivity index (χ2v) is 7.68. The van der Waals surface area contributed by atoms with Crippen molar-refractivity contribution in [3.05, 3.63) is 77.1 Å². The van der Waals surface area contributed by atoms with Crippen LogP contribution in [0.3, 0.4) is 0 Å². The zero-order valence-electron chi connectivity index (χ0n) is 13.9. The molecule has 1 heterocycles. The minimum Gasteiger partial charge on any atom is -0.292 e. The largest absolute Gasteiger partial charge is 0.292 e. The highest BCUT2D eigenvalue weighted by molar-refractivity contribution is 7.89. The molecular weight excluding hydrogens is 338 g/mol.